The Labute approximate surface area is 154 Å². The summed E-state index contributed by atoms with van der Waals surface area (Å²) in [7, 11) is 3.65. The van der Waals surface area contributed by atoms with Gasteiger partial charge in [0.1, 0.15) is 6.17 Å². The molecule has 0 N–H and O–H groups in total. The van der Waals surface area contributed by atoms with Crippen LogP contribution in [0.25, 0.3) is 0 Å². The smallest absolute Gasteiger partial charge is 0.262 e. The molecule has 0 unspecified atom stereocenters. The van der Waals surface area contributed by atoms with Crippen LogP contribution in [0, 0.1) is 0 Å². The van der Waals surface area contributed by atoms with Crippen molar-refractivity contribution >= 4 is 17.3 Å². The normalized spacial score (nSPS) is 17.7. The first kappa shape index (κ1) is 16.8. The molecule has 2 aromatic carbocycles. The third kappa shape index (κ3) is 2.50. The lowest BCUT2D eigenvalue weighted by molar-refractivity contribution is 0.0973. The van der Waals surface area contributed by atoms with E-state index in [1.165, 1.54) is 5.56 Å². The van der Waals surface area contributed by atoms with Crippen molar-refractivity contribution in [3.63, 3.8) is 0 Å². The predicted octanol–water partition coefficient (Wildman–Crippen LogP) is 3.85. The van der Waals surface area contributed by atoms with Gasteiger partial charge < -0.3 is 14.4 Å². The van der Waals surface area contributed by atoms with E-state index < -0.39 is 0 Å². The summed E-state index contributed by atoms with van der Waals surface area (Å²) in [6, 6.07) is 11.9. The van der Waals surface area contributed by atoms with Gasteiger partial charge in [-0.05, 0) is 24.1 Å². The van der Waals surface area contributed by atoms with Crippen molar-refractivity contribution in [1.82, 2.24) is 0 Å². The fourth-order valence-corrected chi connectivity index (χ4v) is 3.82. The van der Waals surface area contributed by atoms with Gasteiger partial charge in [-0.25, -0.2) is 0 Å². The van der Waals surface area contributed by atoms with E-state index in [-0.39, 0.29) is 12.1 Å². The second-order valence-corrected chi connectivity index (χ2v) is 6.82. The van der Waals surface area contributed by atoms with E-state index in [0.29, 0.717) is 23.7 Å². The molecule has 0 aliphatic carbocycles. The zero-order valence-corrected chi connectivity index (χ0v) is 15.5. The maximum absolute atomic E-state index is 13.2. The van der Waals surface area contributed by atoms with Gasteiger partial charge in [0.25, 0.3) is 5.91 Å². The third-order valence-corrected chi connectivity index (χ3v) is 5.27. The molecule has 0 saturated carbocycles. The molecule has 0 spiro atoms. The Morgan fingerprint density at radius 2 is 1.96 bits per heavy atom. The molecule has 0 fully saturated rings. The number of fused-ring (bicyclic) bond motifs is 4. The zero-order chi connectivity index (χ0) is 18.3. The molecule has 26 heavy (non-hydrogen) atoms. The molecule has 136 valence electrons. The quantitative estimate of drug-likeness (QED) is 0.767. The van der Waals surface area contributed by atoms with Crippen LogP contribution in [0.3, 0.4) is 0 Å². The van der Waals surface area contributed by atoms with Gasteiger partial charge in [-0.3, -0.25) is 9.69 Å². The van der Waals surface area contributed by atoms with Gasteiger partial charge in [0.2, 0.25) is 0 Å². The predicted molar refractivity (Wildman–Crippen MR) is 103 cm³/mol. The Hall–Kier alpha value is -2.69. The second kappa shape index (κ2) is 6.56. The lowest BCUT2D eigenvalue weighted by atomic mass is 10.0. The van der Waals surface area contributed by atoms with E-state index in [4.69, 9.17) is 9.47 Å². The van der Waals surface area contributed by atoms with E-state index in [1.54, 1.807) is 7.11 Å². The Balaban J connectivity index is 1.75. The summed E-state index contributed by atoms with van der Waals surface area (Å²) in [5.41, 5.74) is 3.76. The first-order chi connectivity index (χ1) is 12.7. The number of carbonyl (C=O) groups is 1. The molecule has 1 atom stereocenters. The average molecular weight is 352 g/mol. The molecule has 0 aromatic heterocycles. The minimum atomic E-state index is 0.00397. The van der Waals surface area contributed by atoms with E-state index in [2.05, 4.69) is 17.9 Å². The molecule has 2 heterocycles. The lowest BCUT2D eigenvalue weighted by Gasteiger charge is -2.40. The average Bonchev–Trinajstić information content (AvgIpc) is 3.06. The highest BCUT2D eigenvalue weighted by molar-refractivity contribution is 6.14. The first-order valence-corrected chi connectivity index (χ1v) is 9.14. The number of anilines is 2. The fraction of sp³-hybridized carbons (Fsp3) is 0.381. The third-order valence-electron chi connectivity index (χ3n) is 5.27. The summed E-state index contributed by atoms with van der Waals surface area (Å²) in [6.45, 7) is 2.77. The Kier molecular flexibility index (Phi) is 4.23. The highest BCUT2D eigenvalue weighted by atomic mass is 16.5. The van der Waals surface area contributed by atoms with E-state index >= 15 is 0 Å². The van der Waals surface area contributed by atoms with Crippen molar-refractivity contribution in [1.29, 1.82) is 0 Å². The Morgan fingerprint density at radius 3 is 2.73 bits per heavy atom. The van der Waals surface area contributed by atoms with Crippen LogP contribution in [0.5, 0.6) is 11.5 Å². The molecule has 0 radical (unpaired) electrons. The summed E-state index contributed by atoms with van der Waals surface area (Å²) in [6.07, 6.45) is 2.89. The number of hydrogen-bond donors (Lipinski definition) is 0. The number of para-hydroxylation sites is 1. The van der Waals surface area contributed by atoms with Crippen LogP contribution in [-0.2, 0) is 6.42 Å². The van der Waals surface area contributed by atoms with Crippen molar-refractivity contribution in [2.45, 2.75) is 32.4 Å². The number of likely N-dealkylation sites (N-methyl/N-ethyl adjacent to an activating group) is 1. The van der Waals surface area contributed by atoms with E-state index in [9.17, 15) is 4.79 Å². The molecule has 5 nitrogen and oxygen atoms in total. The van der Waals surface area contributed by atoms with Crippen molar-refractivity contribution in [2.24, 2.45) is 0 Å². The van der Waals surface area contributed by atoms with Gasteiger partial charge in [0.15, 0.2) is 11.5 Å². The highest BCUT2D eigenvalue weighted by Crippen LogP contribution is 2.44. The zero-order valence-electron chi connectivity index (χ0n) is 15.5. The van der Waals surface area contributed by atoms with Gasteiger partial charge >= 0.3 is 0 Å². The number of amides is 1. The van der Waals surface area contributed by atoms with Gasteiger partial charge in [0.05, 0.1) is 25.0 Å². The summed E-state index contributed by atoms with van der Waals surface area (Å²) in [4.78, 5) is 17.3. The topological polar surface area (TPSA) is 42.0 Å². The molecular formula is C21H24N2O3. The van der Waals surface area contributed by atoms with Crippen molar-refractivity contribution < 1.29 is 14.3 Å². The van der Waals surface area contributed by atoms with Crippen LogP contribution in [0.1, 0.15) is 35.7 Å². The fourth-order valence-electron chi connectivity index (χ4n) is 3.82. The monoisotopic (exact) mass is 352 g/mol. The van der Waals surface area contributed by atoms with E-state index in [0.717, 1.165) is 30.6 Å². The molecular weight excluding hydrogens is 328 g/mol. The lowest BCUT2D eigenvalue weighted by Crippen LogP contribution is -2.52. The number of hydrogen-bond acceptors (Lipinski definition) is 4. The second-order valence-electron chi connectivity index (χ2n) is 6.82. The Bertz CT molecular complexity index is 849. The number of benzene rings is 2. The minimum Gasteiger partial charge on any atom is -0.493 e. The summed E-state index contributed by atoms with van der Waals surface area (Å²) in [5, 5.41) is 0. The van der Waals surface area contributed by atoms with Crippen LogP contribution in [0.4, 0.5) is 11.4 Å². The van der Waals surface area contributed by atoms with Gasteiger partial charge in [0, 0.05) is 25.2 Å². The molecule has 2 aliphatic rings. The largest absolute Gasteiger partial charge is 0.493 e. The SMILES string of the molecule is CCCCOc1cc2c(cc1OC)C(=O)N1c3ccccc3C[C@H]1N2C. The molecule has 4 rings (SSSR count). The van der Waals surface area contributed by atoms with Crippen molar-refractivity contribution in [2.75, 3.05) is 30.6 Å². The first-order valence-electron chi connectivity index (χ1n) is 9.14. The number of nitrogens with zero attached hydrogens (tertiary/aromatic N) is 2. The molecule has 0 saturated heterocycles. The van der Waals surface area contributed by atoms with Gasteiger partial charge in [-0.2, -0.15) is 0 Å². The molecule has 5 heteroatoms. The number of unbranched alkanes of at least 4 members (excludes halogenated alkanes) is 1. The number of ether oxygens (including phenoxy) is 2. The summed E-state index contributed by atoms with van der Waals surface area (Å²) in [5.74, 6) is 1.32. The highest BCUT2D eigenvalue weighted by Gasteiger charge is 2.42. The summed E-state index contributed by atoms with van der Waals surface area (Å²) >= 11 is 0. The van der Waals surface area contributed by atoms with Gasteiger partial charge in [-0.1, -0.05) is 31.5 Å². The van der Waals surface area contributed by atoms with Crippen LogP contribution in [0.15, 0.2) is 36.4 Å². The standard InChI is InChI=1S/C21H24N2O3/c1-4-5-10-26-19-13-17-15(12-18(19)25-3)21(24)23-16-9-7-6-8-14(16)11-20(23)22(17)2/h6-9,12-13,20H,4-5,10-11H2,1-3H3/t20-/m0/s1. The van der Waals surface area contributed by atoms with Crippen LogP contribution in [-0.4, -0.2) is 32.8 Å². The maximum atomic E-state index is 13.2. The Morgan fingerprint density at radius 1 is 1.15 bits per heavy atom. The minimum absolute atomic E-state index is 0.00397. The molecule has 0 bridgehead atoms. The number of rotatable bonds is 5. The van der Waals surface area contributed by atoms with Crippen molar-refractivity contribution in [3.05, 3.63) is 47.5 Å². The van der Waals surface area contributed by atoms with Crippen LogP contribution >= 0.6 is 0 Å². The van der Waals surface area contributed by atoms with Crippen molar-refractivity contribution in [3.8, 4) is 11.5 Å². The summed E-state index contributed by atoms with van der Waals surface area (Å²) < 4.78 is 11.4. The number of carbonyl (C=O) groups excluding carboxylic acids is 1. The van der Waals surface area contributed by atoms with Crippen LogP contribution in [0.2, 0.25) is 0 Å². The molecule has 2 aromatic rings. The van der Waals surface area contributed by atoms with Crippen LogP contribution < -0.4 is 19.3 Å². The maximum Gasteiger partial charge on any atom is 0.262 e. The number of methoxy groups -OCH3 is 1. The van der Waals surface area contributed by atoms with E-state index in [1.807, 2.05) is 42.3 Å². The van der Waals surface area contributed by atoms with Gasteiger partial charge in [-0.15, -0.1) is 0 Å². The molecule has 2 aliphatic heterocycles. The molecule has 1 amide bonds.